The van der Waals surface area contributed by atoms with Crippen LogP contribution in [0.1, 0.15) is 0 Å². The van der Waals surface area contributed by atoms with E-state index < -0.39 is 0 Å². The molecule has 0 bridgehead atoms. The van der Waals surface area contributed by atoms with E-state index in [-0.39, 0.29) is 0 Å². The summed E-state index contributed by atoms with van der Waals surface area (Å²) in [5.41, 5.74) is 5.72. The molecule has 0 aliphatic heterocycles. The van der Waals surface area contributed by atoms with Crippen molar-refractivity contribution in [2.75, 3.05) is 0 Å². The van der Waals surface area contributed by atoms with E-state index in [4.69, 9.17) is 14.4 Å². The third-order valence-electron chi connectivity index (χ3n) is 7.87. The van der Waals surface area contributed by atoms with Crippen molar-refractivity contribution in [3.05, 3.63) is 122 Å². The third kappa shape index (κ3) is 2.83. The molecular weight excluding hydrogens is 492 g/mol. The van der Waals surface area contributed by atoms with Gasteiger partial charge in [-0.1, -0.05) is 78.9 Å². The van der Waals surface area contributed by atoms with Gasteiger partial charge in [-0.05, 0) is 35.7 Å². The molecule has 0 amide bonds. The summed E-state index contributed by atoms with van der Waals surface area (Å²) in [6, 6.07) is 37.3. The lowest BCUT2D eigenvalue weighted by atomic mass is 10.0. The number of aromatic nitrogens is 4. The monoisotopic (exact) mass is 512 g/mol. The maximum atomic E-state index is 6.56. The first-order chi connectivity index (χ1) is 19.9. The van der Waals surface area contributed by atoms with Crippen LogP contribution in [0.15, 0.2) is 126 Å². The predicted molar refractivity (Wildman–Crippen MR) is 162 cm³/mol. The molecule has 5 aromatic carbocycles. The van der Waals surface area contributed by atoms with E-state index in [9.17, 15) is 0 Å². The summed E-state index contributed by atoms with van der Waals surface area (Å²) in [5.74, 6) is 1.54. The number of hydrogen-bond donors (Lipinski definition) is 0. The normalized spacial score (nSPS) is 12.0. The van der Waals surface area contributed by atoms with E-state index in [1.54, 1.807) is 0 Å². The zero-order chi connectivity index (χ0) is 26.2. The Bertz CT molecular complexity index is 2440. The molecule has 0 fully saturated rings. The zero-order valence-electron chi connectivity index (χ0n) is 21.2. The Morgan fingerprint density at radius 1 is 0.575 bits per heavy atom. The first kappa shape index (κ1) is 21.4. The maximum Gasteiger partial charge on any atom is 0.162 e. The quantitative estimate of drug-likeness (QED) is 0.232. The second-order valence-electron chi connectivity index (χ2n) is 10.1. The highest BCUT2D eigenvalue weighted by Gasteiger charge is 2.24. The second-order valence-corrected chi connectivity index (χ2v) is 10.1. The van der Waals surface area contributed by atoms with Gasteiger partial charge in [0, 0.05) is 44.9 Å². The lowest BCUT2D eigenvalue weighted by molar-refractivity contribution is 0.672. The standard InChI is InChI=1S/C35H20N4O/c1-2-10-21(11-3-1)34-37-27-15-7-4-12-23(27)35(38-34)39-28-16-8-5-13-24(28)30-22-18-19-36-20-26(22)33-31(32(30)39)25-14-6-9-17-29(25)40-33/h1-20H. The van der Waals surface area contributed by atoms with Gasteiger partial charge in [0.1, 0.15) is 17.0 Å². The highest BCUT2D eigenvalue weighted by molar-refractivity contribution is 6.35. The minimum atomic E-state index is 0.693. The number of rotatable bonds is 2. The number of furan rings is 1. The van der Waals surface area contributed by atoms with Crippen LogP contribution in [0.3, 0.4) is 0 Å². The van der Waals surface area contributed by atoms with Gasteiger partial charge in [0.15, 0.2) is 5.82 Å². The molecule has 9 aromatic rings. The van der Waals surface area contributed by atoms with E-state index in [1.165, 1.54) is 0 Å². The van der Waals surface area contributed by atoms with Gasteiger partial charge in [-0.3, -0.25) is 9.55 Å². The van der Waals surface area contributed by atoms with Crippen molar-refractivity contribution in [2.24, 2.45) is 0 Å². The van der Waals surface area contributed by atoms with Crippen LogP contribution in [-0.4, -0.2) is 19.5 Å². The van der Waals surface area contributed by atoms with Gasteiger partial charge in [-0.25, -0.2) is 9.97 Å². The first-order valence-corrected chi connectivity index (χ1v) is 13.3. The minimum absolute atomic E-state index is 0.693. The van der Waals surface area contributed by atoms with Crippen molar-refractivity contribution in [3.63, 3.8) is 0 Å². The van der Waals surface area contributed by atoms with E-state index in [0.717, 1.165) is 76.8 Å². The van der Waals surface area contributed by atoms with Crippen LogP contribution in [0.2, 0.25) is 0 Å². The van der Waals surface area contributed by atoms with Gasteiger partial charge in [0.2, 0.25) is 0 Å². The summed E-state index contributed by atoms with van der Waals surface area (Å²) >= 11 is 0. The molecule has 0 saturated carbocycles. The van der Waals surface area contributed by atoms with E-state index >= 15 is 0 Å². The topological polar surface area (TPSA) is 56.7 Å². The minimum Gasteiger partial charge on any atom is -0.455 e. The Labute approximate surface area is 228 Å². The summed E-state index contributed by atoms with van der Waals surface area (Å²) in [7, 11) is 0. The molecule has 0 saturated heterocycles. The highest BCUT2D eigenvalue weighted by Crippen LogP contribution is 2.46. The number of fused-ring (bicyclic) bond motifs is 11. The molecule has 0 unspecified atom stereocenters. The van der Waals surface area contributed by atoms with E-state index in [1.807, 2.05) is 48.8 Å². The van der Waals surface area contributed by atoms with Crippen molar-refractivity contribution in [2.45, 2.75) is 0 Å². The Morgan fingerprint density at radius 2 is 1.32 bits per heavy atom. The fraction of sp³-hybridized carbons (Fsp3) is 0. The molecule has 0 N–H and O–H groups in total. The van der Waals surface area contributed by atoms with Crippen molar-refractivity contribution in [1.29, 1.82) is 0 Å². The molecule has 4 heterocycles. The molecule has 0 spiro atoms. The number of nitrogens with zero attached hydrogens (tertiary/aromatic N) is 4. The Morgan fingerprint density at radius 3 is 2.23 bits per heavy atom. The summed E-state index contributed by atoms with van der Waals surface area (Å²) in [4.78, 5) is 14.7. The van der Waals surface area contributed by atoms with Crippen molar-refractivity contribution >= 4 is 65.4 Å². The fourth-order valence-electron chi connectivity index (χ4n) is 6.18. The third-order valence-corrected chi connectivity index (χ3v) is 7.87. The SMILES string of the molecule is c1ccc(-c2nc(-n3c4ccccc4c4c5ccncc5c5oc6ccccc6c5c43)c3ccccc3n2)cc1. The van der Waals surface area contributed by atoms with Crippen molar-refractivity contribution in [1.82, 2.24) is 19.5 Å². The summed E-state index contributed by atoms with van der Waals surface area (Å²) in [6.07, 6.45) is 3.77. The molecule has 9 rings (SSSR count). The molecule has 0 radical (unpaired) electrons. The number of hydrogen-bond acceptors (Lipinski definition) is 4. The fourth-order valence-corrected chi connectivity index (χ4v) is 6.18. The molecule has 5 nitrogen and oxygen atoms in total. The smallest absolute Gasteiger partial charge is 0.162 e. The lowest BCUT2D eigenvalue weighted by Crippen LogP contribution is -2.03. The Balaban J connectivity index is 1.58. The average Bonchev–Trinajstić information content (AvgIpc) is 3.58. The Hall–Kier alpha value is -5.55. The Kier molecular flexibility index (Phi) is 4.27. The number of para-hydroxylation sites is 3. The second kappa shape index (κ2) is 7.98. The number of pyridine rings is 1. The molecule has 4 aromatic heterocycles. The molecule has 186 valence electrons. The van der Waals surface area contributed by atoms with Crippen LogP contribution in [0.4, 0.5) is 0 Å². The molecule has 0 atom stereocenters. The van der Waals surface area contributed by atoms with Crippen LogP contribution in [0.5, 0.6) is 0 Å². The summed E-state index contributed by atoms with van der Waals surface area (Å²) in [5, 5.41) is 7.54. The summed E-state index contributed by atoms with van der Waals surface area (Å²) < 4.78 is 8.87. The molecule has 5 heteroatoms. The van der Waals surface area contributed by atoms with Gasteiger partial charge >= 0.3 is 0 Å². The van der Waals surface area contributed by atoms with Crippen LogP contribution >= 0.6 is 0 Å². The maximum absolute atomic E-state index is 6.56. The van der Waals surface area contributed by atoms with E-state index in [2.05, 4.69) is 82.3 Å². The van der Waals surface area contributed by atoms with Crippen LogP contribution < -0.4 is 0 Å². The van der Waals surface area contributed by atoms with Crippen molar-refractivity contribution < 1.29 is 4.42 Å². The predicted octanol–water partition coefficient (Wildman–Crippen LogP) is 8.84. The van der Waals surface area contributed by atoms with E-state index in [0.29, 0.717) is 5.82 Å². The average molecular weight is 513 g/mol. The van der Waals surface area contributed by atoms with Crippen LogP contribution in [0, 0.1) is 0 Å². The molecular formula is C35H20N4O. The van der Waals surface area contributed by atoms with Gasteiger partial charge in [-0.2, -0.15) is 0 Å². The number of benzene rings is 5. The van der Waals surface area contributed by atoms with Gasteiger partial charge in [-0.15, -0.1) is 0 Å². The van der Waals surface area contributed by atoms with Gasteiger partial charge < -0.3 is 4.42 Å². The molecule has 0 aliphatic rings. The molecule has 40 heavy (non-hydrogen) atoms. The van der Waals surface area contributed by atoms with Crippen LogP contribution in [-0.2, 0) is 0 Å². The van der Waals surface area contributed by atoms with Crippen molar-refractivity contribution in [3.8, 4) is 17.2 Å². The summed E-state index contributed by atoms with van der Waals surface area (Å²) in [6.45, 7) is 0. The first-order valence-electron chi connectivity index (χ1n) is 13.3. The highest BCUT2D eigenvalue weighted by atomic mass is 16.3. The lowest BCUT2D eigenvalue weighted by Gasteiger charge is -2.13. The van der Waals surface area contributed by atoms with Gasteiger partial charge in [0.25, 0.3) is 0 Å². The molecule has 0 aliphatic carbocycles. The zero-order valence-corrected chi connectivity index (χ0v) is 21.2. The largest absolute Gasteiger partial charge is 0.455 e. The van der Waals surface area contributed by atoms with Crippen LogP contribution in [0.25, 0.3) is 82.6 Å². The van der Waals surface area contributed by atoms with Gasteiger partial charge in [0.05, 0.1) is 21.9 Å².